The van der Waals surface area contributed by atoms with Gasteiger partial charge in [-0.3, -0.25) is 0 Å². The van der Waals surface area contributed by atoms with Gasteiger partial charge in [0, 0.05) is 69.0 Å². The first kappa shape index (κ1) is 33.1. The molecular formula is C54H34N2OS2. The van der Waals surface area contributed by atoms with E-state index in [2.05, 4.69) is 185 Å². The third-order valence-electron chi connectivity index (χ3n) is 12.2. The van der Waals surface area contributed by atoms with Crippen molar-refractivity contribution >= 4 is 120 Å². The minimum absolute atomic E-state index is 0.895. The number of fused-ring (bicyclic) bond motifs is 12. The number of hydrogen-bond donors (Lipinski definition) is 0. The summed E-state index contributed by atoms with van der Waals surface area (Å²) in [5.41, 5.74) is 12.5. The Kier molecular flexibility index (Phi) is 7.17. The zero-order valence-corrected chi connectivity index (χ0v) is 33.5. The molecule has 0 amide bonds. The van der Waals surface area contributed by atoms with Crippen LogP contribution in [0.3, 0.4) is 0 Å². The molecule has 0 unspecified atom stereocenters. The van der Waals surface area contributed by atoms with Crippen LogP contribution in [0.15, 0.2) is 180 Å². The number of furan rings is 1. The smallest absolute Gasteiger partial charge is 0.135 e. The molecule has 8 aromatic carbocycles. The van der Waals surface area contributed by atoms with Gasteiger partial charge in [-0.2, -0.15) is 0 Å². The standard InChI is InChI=1S/C54H34N2OS2/c1-2-12-35(13-3-1)56-46-18-8-4-14-38(46)42-28-33(22-25-47(42)56)34-29-45-41-17-7-11-21-52(41)59-54(45)48(30-34)55(36-23-26-50-43(31-36)39-15-5-9-19-49(39)57-50)37-24-27-53-44(32-37)40-16-6-10-20-51(40)58-53/h1-9,11-19,21-32H,10,20H2. The minimum Gasteiger partial charge on any atom is -0.456 e. The molecule has 0 saturated heterocycles. The van der Waals surface area contributed by atoms with Gasteiger partial charge in [0.15, 0.2) is 0 Å². The van der Waals surface area contributed by atoms with Gasteiger partial charge in [0.05, 0.1) is 21.4 Å². The monoisotopic (exact) mass is 790 g/mol. The van der Waals surface area contributed by atoms with E-state index < -0.39 is 0 Å². The lowest BCUT2D eigenvalue weighted by Gasteiger charge is -2.27. The van der Waals surface area contributed by atoms with Gasteiger partial charge in [-0.1, -0.05) is 91.0 Å². The van der Waals surface area contributed by atoms with Gasteiger partial charge in [0.2, 0.25) is 0 Å². The zero-order chi connectivity index (χ0) is 38.6. The molecule has 278 valence electrons. The first-order chi connectivity index (χ1) is 29.2. The highest BCUT2D eigenvalue weighted by atomic mass is 32.1. The van der Waals surface area contributed by atoms with Crippen molar-refractivity contribution in [3.8, 4) is 16.8 Å². The van der Waals surface area contributed by atoms with Gasteiger partial charge >= 0.3 is 0 Å². The fraction of sp³-hybridized carbons (Fsp3) is 0.0370. The van der Waals surface area contributed by atoms with Crippen molar-refractivity contribution in [2.45, 2.75) is 12.8 Å². The van der Waals surface area contributed by atoms with E-state index in [4.69, 9.17) is 4.42 Å². The van der Waals surface area contributed by atoms with Crippen molar-refractivity contribution < 1.29 is 4.42 Å². The molecule has 0 fully saturated rings. The van der Waals surface area contributed by atoms with Crippen molar-refractivity contribution in [3.63, 3.8) is 0 Å². The number of anilines is 3. The summed E-state index contributed by atoms with van der Waals surface area (Å²) >= 11 is 3.82. The summed E-state index contributed by atoms with van der Waals surface area (Å²) < 4.78 is 12.6. The Morgan fingerprint density at radius 1 is 0.492 bits per heavy atom. The number of rotatable bonds is 5. The van der Waals surface area contributed by atoms with Crippen molar-refractivity contribution in [2.75, 3.05) is 4.90 Å². The highest BCUT2D eigenvalue weighted by molar-refractivity contribution is 7.26. The molecule has 5 heteroatoms. The average Bonchev–Trinajstić information content (AvgIpc) is 4.05. The molecule has 12 aromatic rings. The summed E-state index contributed by atoms with van der Waals surface area (Å²) in [7, 11) is 0. The fourth-order valence-corrected chi connectivity index (χ4v) is 11.9. The minimum atomic E-state index is 0.895. The fourth-order valence-electron chi connectivity index (χ4n) is 9.51. The van der Waals surface area contributed by atoms with E-state index in [1.54, 1.807) is 0 Å². The van der Waals surface area contributed by atoms with Gasteiger partial charge in [0.25, 0.3) is 0 Å². The Bertz CT molecular complexity index is 3690. The van der Waals surface area contributed by atoms with Crippen LogP contribution < -0.4 is 4.90 Å². The van der Waals surface area contributed by atoms with Gasteiger partial charge in [-0.05, 0) is 121 Å². The molecule has 13 rings (SSSR count). The van der Waals surface area contributed by atoms with E-state index in [9.17, 15) is 0 Å². The molecule has 4 heterocycles. The van der Waals surface area contributed by atoms with Gasteiger partial charge < -0.3 is 13.9 Å². The number of aromatic nitrogens is 1. The third-order valence-corrected chi connectivity index (χ3v) is 14.7. The number of thiophene rings is 2. The molecule has 0 spiro atoms. The molecule has 59 heavy (non-hydrogen) atoms. The van der Waals surface area contributed by atoms with E-state index in [-0.39, 0.29) is 0 Å². The van der Waals surface area contributed by atoms with Crippen LogP contribution in [0.5, 0.6) is 0 Å². The second-order valence-electron chi connectivity index (χ2n) is 15.6. The molecule has 1 aliphatic rings. The summed E-state index contributed by atoms with van der Waals surface area (Å²) in [5, 5.41) is 8.60. The lowest BCUT2D eigenvalue weighted by molar-refractivity contribution is 0.669. The van der Waals surface area contributed by atoms with E-state index in [0.717, 1.165) is 57.5 Å². The topological polar surface area (TPSA) is 21.3 Å². The summed E-state index contributed by atoms with van der Waals surface area (Å²) in [5.74, 6) is 0. The zero-order valence-electron chi connectivity index (χ0n) is 31.9. The van der Waals surface area contributed by atoms with Crippen LogP contribution in [0.4, 0.5) is 17.1 Å². The number of benzene rings is 8. The Morgan fingerprint density at radius 2 is 1.20 bits per heavy atom. The molecule has 3 nitrogen and oxygen atoms in total. The predicted molar refractivity (Wildman–Crippen MR) is 254 cm³/mol. The van der Waals surface area contributed by atoms with Crippen LogP contribution >= 0.6 is 22.7 Å². The molecule has 0 aliphatic heterocycles. The molecule has 1 aliphatic carbocycles. The second-order valence-corrected chi connectivity index (χ2v) is 17.8. The van der Waals surface area contributed by atoms with Crippen molar-refractivity contribution in [3.05, 3.63) is 186 Å². The van der Waals surface area contributed by atoms with Crippen LogP contribution in [0, 0.1) is 0 Å². The normalized spacial score (nSPS) is 12.9. The molecule has 0 bridgehead atoms. The molecule has 0 saturated carbocycles. The Labute approximate surface area is 347 Å². The summed E-state index contributed by atoms with van der Waals surface area (Å²) in [6.45, 7) is 0. The van der Waals surface area contributed by atoms with Crippen molar-refractivity contribution in [1.29, 1.82) is 0 Å². The van der Waals surface area contributed by atoms with Crippen LogP contribution in [0.1, 0.15) is 16.9 Å². The maximum Gasteiger partial charge on any atom is 0.135 e. The molecule has 0 atom stereocenters. The van der Waals surface area contributed by atoms with E-state index in [1.165, 1.54) is 73.6 Å². The Morgan fingerprint density at radius 3 is 2.12 bits per heavy atom. The third kappa shape index (κ3) is 5.05. The number of hydrogen-bond acceptors (Lipinski definition) is 4. The summed E-state index contributed by atoms with van der Waals surface area (Å²) in [4.78, 5) is 3.98. The lowest BCUT2D eigenvalue weighted by Crippen LogP contribution is -2.10. The second kappa shape index (κ2) is 12.8. The Hall–Kier alpha value is -6.92. The first-order valence-electron chi connectivity index (χ1n) is 20.2. The number of para-hydroxylation sites is 3. The molecular weight excluding hydrogens is 757 g/mol. The van der Waals surface area contributed by atoms with E-state index in [0.29, 0.717) is 0 Å². The number of allylic oxidation sites excluding steroid dienone is 1. The first-order valence-corrected chi connectivity index (χ1v) is 21.8. The highest BCUT2D eigenvalue weighted by Gasteiger charge is 2.23. The van der Waals surface area contributed by atoms with Crippen LogP contribution in [0.2, 0.25) is 0 Å². The van der Waals surface area contributed by atoms with Crippen LogP contribution in [-0.2, 0) is 6.42 Å². The van der Waals surface area contributed by atoms with Gasteiger partial charge in [-0.15, -0.1) is 22.7 Å². The van der Waals surface area contributed by atoms with Crippen LogP contribution in [-0.4, -0.2) is 4.57 Å². The summed E-state index contributed by atoms with van der Waals surface area (Å²) in [6.07, 6.45) is 6.88. The highest BCUT2D eigenvalue weighted by Crippen LogP contribution is 2.49. The average molecular weight is 791 g/mol. The molecule has 0 N–H and O–H groups in total. The van der Waals surface area contributed by atoms with Gasteiger partial charge in [0.1, 0.15) is 11.2 Å². The summed E-state index contributed by atoms with van der Waals surface area (Å²) in [6, 6.07) is 62.4. The van der Waals surface area contributed by atoms with E-state index in [1.807, 2.05) is 28.7 Å². The lowest BCUT2D eigenvalue weighted by atomic mass is 9.98. The largest absolute Gasteiger partial charge is 0.456 e. The molecule has 4 aromatic heterocycles. The van der Waals surface area contributed by atoms with Gasteiger partial charge in [-0.25, -0.2) is 0 Å². The van der Waals surface area contributed by atoms with E-state index >= 15 is 0 Å². The predicted octanol–water partition coefficient (Wildman–Crippen LogP) is 16.4. The maximum absolute atomic E-state index is 6.37. The number of aryl methyl sites for hydroxylation is 1. The quantitative estimate of drug-likeness (QED) is 0.173. The van der Waals surface area contributed by atoms with Crippen molar-refractivity contribution in [1.82, 2.24) is 4.57 Å². The van der Waals surface area contributed by atoms with Crippen molar-refractivity contribution in [2.24, 2.45) is 0 Å². The number of nitrogens with zero attached hydrogens (tertiary/aromatic N) is 2. The SMILES string of the molecule is C1=Cc2c(sc3ccc(N(c4ccc5oc6ccccc6c5c4)c4cc(-c5ccc6c(c5)c5ccccc5n6-c5ccccc5)cc5c4sc4ccccc45)cc23)CC1. The maximum atomic E-state index is 6.37. The van der Waals surface area contributed by atoms with Crippen LogP contribution in [0.25, 0.3) is 96.9 Å². The molecule has 0 radical (unpaired) electrons. The Balaban J connectivity index is 1.10.